The summed E-state index contributed by atoms with van der Waals surface area (Å²) in [5.74, 6) is 1.54. The van der Waals surface area contributed by atoms with Crippen LogP contribution in [0.25, 0.3) is 0 Å². The van der Waals surface area contributed by atoms with Crippen LogP contribution in [0.3, 0.4) is 0 Å². The van der Waals surface area contributed by atoms with Gasteiger partial charge in [-0.2, -0.15) is 0 Å². The molecular weight excluding hydrogens is 346 g/mol. The molecule has 1 aromatic carbocycles. The minimum absolute atomic E-state index is 0.129. The van der Waals surface area contributed by atoms with E-state index in [-0.39, 0.29) is 6.04 Å². The van der Waals surface area contributed by atoms with E-state index < -0.39 is 6.09 Å². The van der Waals surface area contributed by atoms with Crippen LogP contribution in [0.5, 0.6) is 5.75 Å². The molecule has 1 aliphatic rings. The van der Waals surface area contributed by atoms with Gasteiger partial charge in [-0.25, -0.2) is 4.79 Å². The van der Waals surface area contributed by atoms with Gasteiger partial charge in [0.2, 0.25) is 0 Å². The van der Waals surface area contributed by atoms with Crippen molar-refractivity contribution in [2.24, 2.45) is 5.92 Å². The molecule has 5 heteroatoms. The maximum Gasteiger partial charge on any atom is 0.407 e. The fraction of sp³-hybridized carbons (Fsp3) is 0.588. The van der Waals surface area contributed by atoms with Crippen molar-refractivity contribution in [3.63, 3.8) is 0 Å². The first-order valence-corrected chi connectivity index (χ1v) is 8.65. The standard InChI is InChI=1S/C17H24BrNO3/c1-12-11-14(8-9-19(12)17(20)21)5-4-10-22-16-7-3-6-15(18)13(16)2/h3,6-7,12,14H,4-5,8-11H2,1-2H3,(H,20,21)/t12-,14?/m0/s1. The Kier molecular flexibility index (Phi) is 6.12. The summed E-state index contributed by atoms with van der Waals surface area (Å²) in [4.78, 5) is 12.6. The molecule has 1 heterocycles. The van der Waals surface area contributed by atoms with Gasteiger partial charge in [0, 0.05) is 22.6 Å². The lowest BCUT2D eigenvalue weighted by molar-refractivity contribution is 0.0928. The van der Waals surface area contributed by atoms with Crippen molar-refractivity contribution in [2.75, 3.05) is 13.2 Å². The highest BCUT2D eigenvalue weighted by Gasteiger charge is 2.28. The Morgan fingerprint density at radius 1 is 1.50 bits per heavy atom. The Hall–Kier alpha value is -1.23. The second-order valence-corrected chi connectivity index (χ2v) is 6.92. The van der Waals surface area contributed by atoms with Gasteiger partial charge >= 0.3 is 6.09 Å². The Bertz CT molecular complexity index is 521. The number of ether oxygens (including phenoxy) is 1. The molecule has 0 saturated carbocycles. The summed E-state index contributed by atoms with van der Waals surface area (Å²) < 4.78 is 6.93. The number of likely N-dealkylation sites (tertiary alicyclic amines) is 1. The number of hydrogen-bond acceptors (Lipinski definition) is 2. The van der Waals surface area contributed by atoms with Gasteiger partial charge < -0.3 is 14.7 Å². The zero-order chi connectivity index (χ0) is 16.1. The third-order valence-electron chi connectivity index (χ3n) is 4.46. The molecule has 22 heavy (non-hydrogen) atoms. The second kappa shape index (κ2) is 7.86. The van der Waals surface area contributed by atoms with Crippen LogP contribution in [0.15, 0.2) is 22.7 Å². The maximum atomic E-state index is 11.1. The van der Waals surface area contributed by atoms with Crippen molar-refractivity contribution in [3.05, 3.63) is 28.2 Å². The lowest BCUT2D eigenvalue weighted by Gasteiger charge is -2.35. The fourth-order valence-electron chi connectivity index (χ4n) is 3.11. The molecule has 1 unspecified atom stereocenters. The van der Waals surface area contributed by atoms with Crippen LogP contribution in [0.1, 0.15) is 38.2 Å². The first kappa shape index (κ1) is 17.1. The van der Waals surface area contributed by atoms with Crippen LogP contribution in [0.4, 0.5) is 4.79 Å². The average molecular weight is 370 g/mol. The summed E-state index contributed by atoms with van der Waals surface area (Å²) in [6.07, 6.45) is 3.25. The van der Waals surface area contributed by atoms with E-state index in [2.05, 4.69) is 15.9 Å². The molecule has 122 valence electrons. The predicted molar refractivity (Wildman–Crippen MR) is 90.5 cm³/mol. The highest BCUT2D eigenvalue weighted by atomic mass is 79.9. The normalized spacial score (nSPS) is 21.7. The molecule has 1 amide bonds. The molecule has 1 saturated heterocycles. The minimum Gasteiger partial charge on any atom is -0.493 e. The van der Waals surface area contributed by atoms with Gasteiger partial charge in [-0.1, -0.05) is 22.0 Å². The van der Waals surface area contributed by atoms with Crippen molar-refractivity contribution in [3.8, 4) is 5.75 Å². The molecule has 1 N–H and O–H groups in total. The third kappa shape index (κ3) is 4.38. The largest absolute Gasteiger partial charge is 0.493 e. The van der Waals surface area contributed by atoms with Crippen molar-refractivity contribution >= 4 is 22.0 Å². The van der Waals surface area contributed by atoms with E-state index in [0.29, 0.717) is 19.1 Å². The number of rotatable bonds is 5. The van der Waals surface area contributed by atoms with Gasteiger partial charge in [0.1, 0.15) is 5.75 Å². The summed E-state index contributed by atoms with van der Waals surface area (Å²) >= 11 is 3.51. The van der Waals surface area contributed by atoms with E-state index in [1.807, 2.05) is 32.0 Å². The smallest absolute Gasteiger partial charge is 0.407 e. The van der Waals surface area contributed by atoms with Crippen molar-refractivity contribution in [2.45, 2.75) is 45.6 Å². The van der Waals surface area contributed by atoms with E-state index in [9.17, 15) is 4.79 Å². The Labute approximate surface area is 140 Å². The van der Waals surface area contributed by atoms with Crippen LogP contribution < -0.4 is 4.74 Å². The summed E-state index contributed by atoms with van der Waals surface area (Å²) in [5, 5.41) is 9.09. The van der Waals surface area contributed by atoms with Gasteiger partial charge in [0.05, 0.1) is 6.61 Å². The molecular formula is C17H24BrNO3. The number of amides is 1. The van der Waals surface area contributed by atoms with Crippen LogP contribution >= 0.6 is 15.9 Å². The Morgan fingerprint density at radius 2 is 2.27 bits per heavy atom. The summed E-state index contributed by atoms with van der Waals surface area (Å²) in [7, 11) is 0. The van der Waals surface area contributed by atoms with E-state index >= 15 is 0 Å². The maximum absolute atomic E-state index is 11.1. The molecule has 0 spiro atoms. The van der Waals surface area contributed by atoms with E-state index in [4.69, 9.17) is 9.84 Å². The molecule has 2 rings (SSSR count). The fourth-order valence-corrected chi connectivity index (χ4v) is 3.46. The lowest BCUT2D eigenvalue weighted by Crippen LogP contribution is -2.43. The Morgan fingerprint density at radius 3 is 2.95 bits per heavy atom. The number of carbonyl (C=O) groups is 1. The number of halogens is 1. The number of hydrogen-bond donors (Lipinski definition) is 1. The van der Waals surface area contributed by atoms with Gasteiger partial charge in [-0.05, 0) is 57.6 Å². The van der Waals surface area contributed by atoms with Crippen molar-refractivity contribution < 1.29 is 14.6 Å². The molecule has 0 radical (unpaired) electrons. The monoisotopic (exact) mass is 369 g/mol. The second-order valence-electron chi connectivity index (χ2n) is 6.07. The molecule has 1 fully saturated rings. The van der Waals surface area contributed by atoms with Crippen molar-refractivity contribution in [1.82, 2.24) is 4.90 Å². The predicted octanol–water partition coefficient (Wildman–Crippen LogP) is 4.70. The summed E-state index contributed by atoms with van der Waals surface area (Å²) in [5.41, 5.74) is 1.13. The number of benzene rings is 1. The molecule has 0 aromatic heterocycles. The first-order valence-electron chi connectivity index (χ1n) is 7.86. The molecule has 1 aliphatic heterocycles. The Balaban J connectivity index is 1.71. The van der Waals surface area contributed by atoms with Crippen molar-refractivity contribution in [1.29, 1.82) is 0 Å². The quantitative estimate of drug-likeness (QED) is 0.765. The lowest BCUT2D eigenvalue weighted by atomic mass is 9.88. The number of piperidine rings is 1. The molecule has 0 aliphatic carbocycles. The highest BCUT2D eigenvalue weighted by molar-refractivity contribution is 9.10. The zero-order valence-corrected chi connectivity index (χ0v) is 14.8. The molecule has 0 bridgehead atoms. The van der Waals surface area contributed by atoms with E-state index in [0.717, 1.165) is 41.5 Å². The van der Waals surface area contributed by atoms with Crippen LogP contribution in [-0.2, 0) is 0 Å². The van der Waals surface area contributed by atoms with E-state index in [1.54, 1.807) is 4.90 Å². The third-order valence-corrected chi connectivity index (χ3v) is 5.32. The van der Waals surface area contributed by atoms with Gasteiger partial charge in [-0.3, -0.25) is 0 Å². The number of nitrogens with zero attached hydrogens (tertiary/aromatic N) is 1. The molecule has 1 aromatic rings. The van der Waals surface area contributed by atoms with E-state index in [1.165, 1.54) is 0 Å². The van der Waals surface area contributed by atoms with Gasteiger partial charge in [-0.15, -0.1) is 0 Å². The minimum atomic E-state index is -0.792. The summed E-state index contributed by atoms with van der Waals surface area (Å²) in [6, 6.07) is 6.12. The van der Waals surface area contributed by atoms with Gasteiger partial charge in [0.15, 0.2) is 0 Å². The molecule has 4 nitrogen and oxygen atoms in total. The topological polar surface area (TPSA) is 49.8 Å². The van der Waals surface area contributed by atoms with Crippen LogP contribution in [0.2, 0.25) is 0 Å². The molecule has 2 atom stereocenters. The summed E-state index contributed by atoms with van der Waals surface area (Å²) in [6.45, 7) is 5.42. The van der Waals surface area contributed by atoms with Gasteiger partial charge in [0.25, 0.3) is 0 Å². The number of carboxylic acid groups (broad SMARTS) is 1. The highest BCUT2D eigenvalue weighted by Crippen LogP contribution is 2.28. The zero-order valence-electron chi connectivity index (χ0n) is 13.2. The van der Waals surface area contributed by atoms with Crippen LogP contribution in [0, 0.1) is 12.8 Å². The first-order chi connectivity index (χ1) is 10.5. The van der Waals surface area contributed by atoms with Crippen LogP contribution in [-0.4, -0.2) is 35.3 Å². The SMILES string of the molecule is Cc1c(Br)cccc1OCCCC1CCN(C(=O)O)[C@@H](C)C1. The average Bonchev–Trinajstić information content (AvgIpc) is 2.47.